The van der Waals surface area contributed by atoms with Crippen LogP contribution in [0.2, 0.25) is 0 Å². The molecule has 2 rings (SSSR count). The molecule has 2 aliphatic carbocycles. The summed E-state index contributed by atoms with van der Waals surface area (Å²) in [6, 6.07) is 0. The topological polar surface area (TPSA) is 94.5 Å². The molecule has 4 unspecified atom stereocenters. The summed E-state index contributed by atoms with van der Waals surface area (Å²) in [6.45, 7) is 4.50. The van der Waals surface area contributed by atoms with Crippen molar-refractivity contribution in [2.24, 2.45) is 23.7 Å². The van der Waals surface area contributed by atoms with E-state index in [4.69, 9.17) is 14.9 Å². The van der Waals surface area contributed by atoms with Gasteiger partial charge in [0.25, 0.3) is 0 Å². The van der Waals surface area contributed by atoms with E-state index in [1.54, 1.807) is 0 Å². The molecule has 0 aromatic rings. The summed E-state index contributed by atoms with van der Waals surface area (Å²) in [6.07, 6.45) is 4.36. The van der Waals surface area contributed by atoms with Gasteiger partial charge in [-0.2, -0.15) is 0 Å². The SMILES string of the molecule is O=C(O)C1C2C=CC(C2)C1C(=O)O.[C-]#[O+]. The second-order valence-corrected chi connectivity index (χ2v) is 3.68. The van der Waals surface area contributed by atoms with Crippen molar-refractivity contribution in [1.82, 2.24) is 0 Å². The minimum absolute atomic E-state index is 0.0661. The maximum absolute atomic E-state index is 10.8. The first kappa shape index (κ1) is 11.5. The quantitative estimate of drug-likeness (QED) is 0.395. The molecule has 80 valence electrons. The van der Waals surface area contributed by atoms with Crippen molar-refractivity contribution in [2.45, 2.75) is 6.42 Å². The molecule has 15 heavy (non-hydrogen) atoms. The summed E-state index contributed by atoms with van der Waals surface area (Å²) in [5, 5.41) is 17.7. The van der Waals surface area contributed by atoms with Crippen LogP contribution in [0.15, 0.2) is 12.2 Å². The summed E-state index contributed by atoms with van der Waals surface area (Å²) in [4.78, 5) is 21.6. The van der Waals surface area contributed by atoms with E-state index < -0.39 is 23.8 Å². The van der Waals surface area contributed by atoms with Crippen LogP contribution < -0.4 is 0 Å². The van der Waals surface area contributed by atoms with Crippen LogP contribution in [0.4, 0.5) is 0 Å². The number of carboxylic acids is 2. The monoisotopic (exact) mass is 210 g/mol. The van der Waals surface area contributed by atoms with E-state index in [0.29, 0.717) is 6.42 Å². The standard InChI is InChI=1S/C9H10O4.CO/c10-8(11)6-4-1-2-5(3-4)7(6)9(12)13;1-2/h1-2,4-7H,3H2,(H,10,11)(H,12,13);. The molecule has 2 aliphatic rings. The summed E-state index contributed by atoms with van der Waals surface area (Å²) in [5.41, 5.74) is 0. The molecule has 2 bridgehead atoms. The van der Waals surface area contributed by atoms with Gasteiger partial charge in [0.15, 0.2) is 0 Å². The summed E-state index contributed by atoms with van der Waals surface area (Å²) >= 11 is 0. The van der Waals surface area contributed by atoms with Gasteiger partial charge in [0, 0.05) is 0 Å². The number of rotatable bonds is 2. The van der Waals surface area contributed by atoms with E-state index in [1.807, 2.05) is 12.2 Å². The van der Waals surface area contributed by atoms with E-state index in [9.17, 15) is 9.59 Å². The average Bonchev–Trinajstić information content (AvgIpc) is 2.79. The van der Waals surface area contributed by atoms with E-state index in [-0.39, 0.29) is 11.8 Å². The van der Waals surface area contributed by atoms with Crippen molar-refractivity contribution in [2.75, 3.05) is 0 Å². The predicted octanol–water partition coefficient (Wildman–Crippen LogP) is 0.556. The van der Waals surface area contributed by atoms with Gasteiger partial charge in [-0.25, -0.2) is 0 Å². The molecule has 0 aliphatic heterocycles. The van der Waals surface area contributed by atoms with Crippen molar-refractivity contribution in [3.8, 4) is 0 Å². The Balaban J connectivity index is 0.000000531. The molecule has 2 N–H and O–H groups in total. The number of aliphatic carboxylic acids is 2. The molecule has 1 fully saturated rings. The second-order valence-electron chi connectivity index (χ2n) is 3.68. The Kier molecular flexibility index (Phi) is 3.29. The number of allylic oxidation sites excluding steroid dienone is 2. The first-order valence-electron chi connectivity index (χ1n) is 4.45. The molecule has 0 amide bonds. The predicted molar refractivity (Wildman–Crippen MR) is 46.9 cm³/mol. The first-order chi connectivity index (χ1) is 7.11. The molecule has 5 heteroatoms. The molecule has 0 heterocycles. The van der Waals surface area contributed by atoms with Gasteiger partial charge in [0.1, 0.15) is 0 Å². The Bertz CT molecular complexity index is 302. The van der Waals surface area contributed by atoms with Gasteiger partial charge in [0.2, 0.25) is 0 Å². The van der Waals surface area contributed by atoms with Crippen molar-refractivity contribution < 1.29 is 24.5 Å². The molecular formula is C10H10O5. The van der Waals surface area contributed by atoms with Gasteiger partial charge in [-0.1, -0.05) is 12.2 Å². The third-order valence-electron chi connectivity index (χ3n) is 3.03. The molecule has 0 aromatic heterocycles. The number of hydrogen-bond donors (Lipinski definition) is 2. The third-order valence-corrected chi connectivity index (χ3v) is 3.03. The van der Waals surface area contributed by atoms with Crippen LogP contribution in [0.3, 0.4) is 0 Å². The fourth-order valence-electron chi connectivity index (χ4n) is 2.50. The number of carboxylic acid groups (broad SMARTS) is 2. The third kappa shape index (κ3) is 1.79. The molecule has 0 aromatic carbocycles. The molecular weight excluding hydrogens is 200 g/mol. The Hall–Kier alpha value is -1.58. The first-order valence-corrected chi connectivity index (χ1v) is 4.45. The molecule has 1 saturated carbocycles. The van der Waals surface area contributed by atoms with Crippen molar-refractivity contribution in [3.63, 3.8) is 0 Å². The summed E-state index contributed by atoms with van der Waals surface area (Å²) in [7, 11) is 0. The van der Waals surface area contributed by atoms with Gasteiger partial charge in [-0.05, 0) is 18.3 Å². The van der Waals surface area contributed by atoms with Crippen LogP contribution in [0.1, 0.15) is 6.42 Å². The molecule has 0 saturated heterocycles. The van der Waals surface area contributed by atoms with Crippen molar-refractivity contribution in [3.05, 3.63) is 18.8 Å². The Morgan fingerprint density at radius 3 is 1.67 bits per heavy atom. The maximum atomic E-state index is 10.8. The Morgan fingerprint density at radius 2 is 1.40 bits per heavy atom. The van der Waals surface area contributed by atoms with E-state index in [1.165, 1.54) is 0 Å². The summed E-state index contributed by atoms with van der Waals surface area (Å²) in [5.74, 6) is -3.53. The zero-order valence-corrected chi connectivity index (χ0v) is 7.79. The normalized spacial score (nSPS) is 35.6. The Labute approximate surface area is 86.1 Å². The second kappa shape index (κ2) is 4.29. The fraction of sp³-hybridized carbons (Fsp3) is 0.500. The van der Waals surface area contributed by atoms with Crippen LogP contribution in [-0.4, -0.2) is 22.2 Å². The molecule has 5 nitrogen and oxygen atoms in total. The average molecular weight is 210 g/mol. The van der Waals surface area contributed by atoms with Crippen molar-refractivity contribution >= 4 is 11.9 Å². The van der Waals surface area contributed by atoms with Crippen LogP contribution in [-0.2, 0) is 14.2 Å². The zero-order valence-electron chi connectivity index (χ0n) is 7.79. The van der Waals surface area contributed by atoms with Gasteiger partial charge in [-0.3, -0.25) is 9.59 Å². The van der Waals surface area contributed by atoms with Crippen LogP contribution in [0, 0.1) is 30.3 Å². The van der Waals surface area contributed by atoms with E-state index in [2.05, 4.69) is 6.65 Å². The van der Waals surface area contributed by atoms with E-state index >= 15 is 0 Å². The minimum atomic E-state index is -0.982. The van der Waals surface area contributed by atoms with Gasteiger partial charge < -0.3 is 10.2 Å². The van der Waals surface area contributed by atoms with Crippen molar-refractivity contribution in [1.29, 1.82) is 0 Å². The van der Waals surface area contributed by atoms with Gasteiger partial charge in [0.05, 0.1) is 11.8 Å². The van der Waals surface area contributed by atoms with Crippen LogP contribution in [0.25, 0.3) is 0 Å². The Morgan fingerprint density at radius 1 is 1.07 bits per heavy atom. The van der Waals surface area contributed by atoms with E-state index in [0.717, 1.165) is 0 Å². The molecule has 4 atom stereocenters. The van der Waals surface area contributed by atoms with Gasteiger partial charge >= 0.3 is 23.2 Å². The number of hydrogen-bond acceptors (Lipinski definition) is 2. The van der Waals surface area contributed by atoms with Crippen LogP contribution >= 0.6 is 0 Å². The molecule has 0 radical (unpaired) electrons. The fourth-order valence-corrected chi connectivity index (χ4v) is 2.50. The number of carbonyl (C=O) groups is 2. The summed E-state index contributed by atoms with van der Waals surface area (Å²) < 4.78 is 7.50. The molecule has 0 spiro atoms. The van der Waals surface area contributed by atoms with Gasteiger partial charge in [-0.15, -0.1) is 0 Å². The van der Waals surface area contributed by atoms with Crippen LogP contribution in [0.5, 0.6) is 0 Å². The zero-order chi connectivity index (χ0) is 11.6. The number of fused-ring (bicyclic) bond motifs is 2.